The molecule has 0 unspecified atom stereocenters. The molecular weight excluding hydrogens is 542 g/mol. The summed E-state index contributed by atoms with van der Waals surface area (Å²) in [4.78, 5) is 40.6. The van der Waals surface area contributed by atoms with Gasteiger partial charge in [0.25, 0.3) is 11.8 Å². The Labute approximate surface area is 243 Å². The molecule has 0 radical (unpaired) electrons. The Morgan fingerprint density at radius 1 is 1.00 bits per heavy atom. The van der Waals surface area contributed by atoms with Gasteiger partial charge in [0.2, 0.25) is 5.91 Å². The minimum Gasteiger partial charge on any atom is -0.496 e. The number of likely N-dealkylation sites (tertiary alicyclic amines) is 1. The number of ether oxygens (including phenoxy) is 4. The summed E-state index contributed by atoms with van der Waals surface area (Å²) in [6.45, 7) is 0.647. The van der Waals surface area contributed by atoms with Crippen LogP contribution in [0, 0.1) is 0 Å². The van der Waals surface area contributed by atoms with Gasteiger partial charge < -0.3 is 34.5 Å². The van der Waals surface area contributed by atoms with Crippen LogP contribution >= 0.6 is 0 Å². The summed E-state index contributed by atoms with van der Waals surface area (Å²) < 4.78 is 23.2. The Morgan fingerprint density at radius 3 is 2.64 bits per heavy atom. The maximum atomic E-state index is 13.2. The first-order valence-corrected chi connectivity index (χ1v) is 13.7. The van der Waals surface area contributed by atoms with Gasteiger partial charge in [-0.1, -0.05) is 6.07 Å². The second kappa shape index (κ2) is 13.2. The number of hydrogen-bond donors (Lipinski definition) is 2. The van der Waals surface area contributed by atoms with Crippen molar-refractivity contribution in [1.82, 2.24) is 25.7 Å². The fourth-order valence-electron chi connectivity index (χ4n) is 5.03. The Kier molecular flexibility index (Phi) is 9.00. The van der Waals surface area contributed by atoms with Crippen LogP contribution in [0.3, 0.4) is 0 Å². The molecule has 2 atom stereocenters. The number of nitrogens with zero attached hydrogens (tertiary/aromatic N) is 3. The van der Waals surface area contributed by atoms with Gasteiger partial charge in [-0.15, -0.1) is 0 Å². The molecule has 4 bridgehead atoms. The minimum atomic E-state index is -0.533. The monoisotopic (exact) mass is 575 g/mol. The van der Waals surface area contributed by atoms with E-state index in [1.165, 1.54) is 19.5 Å². The van der Waals surface area contributed by atoms with E-state index in [2.05, 4.69) is 20.8 Å². The highest BCUT2D eigenvalue weighted by Gasteiger charge is 2.35. The molecule has 2 N–H and O–H groups in total. The molecule has 42 heavy (non-hydrogen) atoms. The van der Waals surface area contributed by atoms with E-state index in [4.69, 9.17) is 18.9 Å². The van der Waals surface area contributed by atoms with Gasteiger partial charge in [-0.05, 0) is 42.3 Å². The van der Waals surface area contributed by atoms with E-state index in [-0.39, 0.29) is 37.3 Å². The van der Waals surface area contributed by atoms with E-state index in [0.29, 0.717) is 54.5 Å². The Hall–Kier alpha value is -4.87. The summed E-state index contributed by atoms with van der Waals surface area (Å²) in [7, 11) is 3.08. The van der Waals surface area contributed by atoms with E-state index in [1.54, 1.807) is 42.3 Å². The molecule has 3 aliphatic rings. The van der Waals surface area contributed by atoms with Crippen molar-refractivity contribution in [3.63, 3.8) is 0 Å². The maximum Gasteiger partial charge on any atom is 0.258 e. The van der Waals surface area contributed by atoms with E-state index in [9.17, 15) is 14.4 Å². The lowest BCUT2D eigenvalue weighted by atomic mass is 10.0. The minimum absolute atomic E-state index is 0.111. The number of methoxy groups -OCH3 is 2. The molecule has 1 saturated heterocycles. The van der Waals surface area contributed by atoms with Gasteiger partial charge in [0.1, 0.15) is 17.6 Å². The number of nitrogens with one attached hydrogen (secondary N) is 2. The number of amides is 3. The van der Waals surface area contributed by atoms with E-state index < -0.39 is 12.1 Å². The summed E-state index contributed by atoms with van der Waals surface area (Å²) in [5.41, 5.74) is 2.07. The number of carbonyl (C=O) groups excluding carboxylic acids is 3. The number of benzene rings is 2. The molecule has 3 amide bonds. The molecule has 4 heterocycles. The zero-order chi connectivity index (χ0) is 29.5. The quantitative estimate of drug-likeness (QED) is 0.479. The number of rotatable bonds is 3. The van der Waals surface area contributed by atoms with Crippen LogP contribution in [-0.4, -0.2) is 78.9 Å². The maximum absolute atomic E-state index is 13.2. The Morgan fingerprint density at radius 2 is 1.86 bits per heavy atom. The van der Waals surface area contributed by atoms with Crippen molar-refractivity contribution in [3.8, 4) is 23.0 Å². The smallest absolute Gasteiger partial charge is 0.258 e. The number of aromatic nitrogens is 2. The first kappa shape index (κ1) is 28.7. The lowest BCUT2D eigenvalue weighted by Crippen LogP contribution is -2.58. The lowest BCUT2D eigenvalue weighted by Gasteiger charge is -2.38. The number of fused-ring (bicyclic) bond motifs is 9. The molecule has 3 aliphatic heterocycles. The largest absolute Gasteiger partial charge is 0.496 e. The number of carbonyl (C=O) groups is 3. The molecule has 220 valence electrons. The van der Waals surface area contributed by atoms with Gasteiger partial charge in [-0.2, -0.15) is 10.2 Å². The molecule has 12 nitrogen and oxygen atoms in total. The zero-order valence-electron chi connectivity index (χ0n) is 23.5. The number of piperidine rings is 1. The van der Waals surface area contributed by atoms with E-state index in [0.717, 1.165) is 11.1 Å². The van der Waals surface area contributed by atoms with Crippen molar-refractivity contribution in [3.05, 3.63) is 71.5 Å². The predicted molar refractivity (Wildman–Crippen MR) is 151 cm³/mol. The van der Waals surface area contributed by atoms with Crippen molar-refractivity contribution in [1.29, 1.82) is 0 Å². The van der Waals surface area contributed by atoms with Gasteiger partial charge in [-0.25, -0.2) is 0 Å². The zero-order valence-corrected chi connectivity index (χ0v) is 23.5. The SMILES string of the molecule is COc1cc2ccc1CNC(=O)CCc1ccc(OC)c(c1)OCC(=O)N[C@@H]1CN(C(=O)c3ccnnc3)CC[C@@H]1O2. The van der Waals surface area contributed by atoms with Crippen LogP contribution in [-0.2, 0) is 22.6 Å². The van der Waals surface area contributed by atoms with Gasteiger partial charge >= 0.3 is 0 Å². The highest BCUT2D eigenvalue weighted by Crippen LogP contribution is 2.30. The molecule has 12 heteroatoms. The van der Waals surface area contributed by atoms with Crippen LogP contribution in [0.2, 0.25) is 0 Å². The first-order chi connectivity index (χ1) is 20.4. The molecule has 0 saturated carbocycles. The molecular formula is C30H33N5O7. The lowest BCUT2D eigenvalue weighted by molar-refractivity contribution is -0.125. The van der Waals surface area contributed by atoms with Gasteiger partial charge in [0.05, 0.1) is 38.2 Å². The Balaban J connectivity index is 1.42. The summed E-state index contributed by atoms with van der Waals surface area (Å²) in [6.07, 6.45) is 3.65. The van der Waals surface area contributed by atoms with Crippen molar-refractivity contribution in [2.24, 2.45) is 0 Å². The second-order valence-electron chi connectivity index (χ2n) is 10.0. The van der Waals surface area contributed by atoms with Gasteiger partial charge in [0, 0.05) is 44.1 Å². The summed E-state index contributed by atoms with van der Waals surface area (Å²) in [5.74, 6) is 1.27. The third kappa shape index (κ3) is 6.88. The second-order valence-corrected chi connectivity index (χ2v) is 10.0. The van der Waals surface area contributed by atoms with Crippen LogP contribution in [0.1, 0.15) is 34.3 Å². The molecule has 3 aromatic rings. The standard InChI is InChI=1S/C30H33N5O7/c1-39-25-7-3-19-4-8-28(36)31-15-20-5-6-22(14-26(20)40-2)42-24-10-12-35(30(38)21-9-11-32-33-16-21)17-23(24)34-29(37)18-41-27(25)13-19/h3,5-7,9,11,13-14,16,23-24H,4,8,10,12,15,17-18H2,1-2H3,(H,31,36)(H,34,37)/t23-,24+/m1/s1. The number of aryl methyl sites for hydroxylation is 1. The number of hydrogen-bond acceptors (Lipinski definition) is 9. The molecule has 0 aliphatic carbocycles. The summed E-state index contributed by atoms with van der Waals surface area (Å²) >= 11 is 0. The molecule has 0 spiro atoms. The van der Waals surface area contributed by atoms with Gasteiger partial charge in [0.15, 0.2) is 18.1 Å². The van der Waals surface area contributed by atoms with E-state index >= 15 is 0 Å². The van der Waals surface area contributed by atoms with Crippen LogP contribution in [0.15, 0.2) is 54.9 Å². The van der Waals surface area contributed by atoms with Crippen LogP contribution in [0.4, 0.5) is 0 Å². The van der Waals surface area contributed by atoms with Crippen LogP contribution in [0.25, 0.3) is 0 Å². The fourth-order valence-corrected chi connectivity index (χ4v) is 5.03. The molecule has 1 aromatic heterocycles. The van der Waals surface area contributed by atoms with Crippen molar-refractivity contribution < 1.29 is 33.3 Å². The summed E-state index contributed by atoms with van der Waals surface area (Å²) in [5, 5.41) is 13.5. The molecule has 1 fully saturated rings. The van der Waals surface area contributed by atoms with Crippen molar-refractivity contribution >= 4 is 17.7 Å². The van der Waals surface area contributed by atoms with Crippen molar-refractivity contribution in [2.45, 2.75) is 38.0 Å². The highest BCUT2D eigenvalue weighted by atomic mass is 16.5. The average molecular weight is 576 g/mol. The predicted octanol–water partition coefficient (Wildman–Crippen LogP) is 1.91. The average Bonchev–Trinajstić information content (AvgIpc) is 3.02. The highest BCUT2D eigenvalue weighted by molar-refractivity contribution is 5.94. The summed E-state index contributed by atoms with van der Waals surface area (Å²) in [6, 6.07) is 11.9. The third-order valence-electron chi connectivity index (χ3n) is 7.26. The normalized spacial score (nSPS) is 19.4. The van der Waals surface area contributed by atoms with Gasteiger partial charge in [-0.3, -0.25) is 14.4 Å². The van der Waals surface area contributed by atoms with Crippen LogP contribution < -0.4 is 29.6 Å². The third-order valence-corrected chi connectivity index (χ3v) is 7.26. The molecule has 2 aromatic carbocycles. The fraction of sp³-hybridized carbons (Fsp3) is 0.367. The first-order valence-electron chi connectivity index (χ1n) is 13.7. The topological polar surface area (TPSA) is 141 Å². The Bertz CT molecular complexity index is 1430. The van der Waals surface area contributed by atoms with Crippen molar-refractivity contribution in [2.75, 3.05) is 33.9 Å². The van der Waals surface area contributed by atoms with E-state index in [1.807, 2.05) is 12.1 Å². The van der Waals surface area contributed by atoms with Crippen LogP contribution in [0.5, 0.6) is 23.0 Å². The molecule has 6 rings (SSSR count).